The number of alkyl halides is 3. The molecule has 0 saturated heterocycles. The quantitative estimate of drug-likeness (QED) is 0.854. The first-order valence-corrected chi connectivity index (χ1v) is 7.46. The Morgan fingerprint density at radius 2 is 1.83 bits per heavy atom. The summed E-state index contributed by atoms with van der Waals surface area (Å²) in [5.74, 6) is -0.436. The van der Waals surface area contributed by atoms with Crippen LogP contribution >= 0.6 is 0 Å². The Labute approximate surface area is 139 Å². The van der Waals surface area contributed by atoms with E-state index in [4.69, 9.17) is 4.74 Å². The van der Waals surface area contributed by atoms with Gasteiger partial charge < -0.3 is 19.9 Å². The second kappa shape index (κ2) is 9.36. The highest BCUT2D eigenvalue weighted by molar-refractivity contribution is 5.68. The number of benzene rings is 1. The SMILES string of the molecule is CC.CC(C)(C)OC(=O)NC(CO)c1cccc(OC(F)(F)F)c1. The number of amides is 1. The van der Waals surface area contributed by atoms with Crippen molar-refractivity contribution >= 4 is 6.09 Å². The molecule has 5 nitrogen and oxygen atoms in total. The Kier molecular flexibility index (Phi) is 8.60. The molecule has 0 aliphatic carbocycles. The van der Waals surface area contributed by atoms with Crippen LogP contribution in [0.15, 0.2) is 24.3 Å². The lowest BCUT2D eigenvalue weighted by Gasteiger charge is -2.23. The predicted molar refractivity (Wildman–Crippen MR) is 83.7 cm³/mol. The van der Waals surface area contributed by atoms with Gasteiger partial charge in [0.15, 0.2) is 0 Å². The van der Waals surface area contributed by atoms with Crippen LogP contribution in [0, 0.1) is 0 Å². The number of aliphatic hydroxyl groups excluding tert-OH is 1. The van der Waals surface area contributed by atoms with Crippen molar-refractivity contribution in [1.29, 1.82) is 0 Å². The molecule has 0 saturated carbocycles. The van der Waals surface area contributed by atoms with Crippen molar-refractivity contribution in [1.82, 2.24) is 5.32 Å². The van der Waals surface area contributed by atoms with Gasteiger partial charge in [-0.15, -0.1) is 13.2 Å². The van der Waals surface area contributed by atoms with Crippen molar-refractivity contribution in [2.24, 2.45) is 0 Å². The van der Waals surface area contributed by atoms with Crippen LogP contribution in [0.5, 0.6) is 5.75 Å². The maximum Gasteiger partial charge on any atom is 0.573 e. The number of aliphatic hydroxyl groups is 1. The maximum absolute atomic E-state index is 12.2. The number of rotatable bonds is 4. The Morgan fingerprint density at radius 3 is 2.29 bits per heavy atom. The van der Waals surface area contributed by atoms with Gasteiger partial charge in [0.05, 0.1) is 12.6 Å². The van der Waals surface area contributed by atoms with E-state index in [1.54, 1.807) is 20.8 Å². The first-order valence-electron chi connectivity index (χ1n) is 7.46. The normalized spacial score (nSPS) is 12.5. The van der Waals surface area contributed by atoms with Crippen LogP contribution in [0.2, 0.25) is 0 Å². The van der Waals surface area contributed by atoms with Gasteiger partial charge in [0.25, 0.3) is 0 Å². The van der Waals surface area contributed by atoms with Crippen molar-refractivity contribution in [3.63, 3.8) is 0 Å². The van der Waals surface area contributed by atoms with E-state index in [1.807, 2.05) is 13.8 Å². The third-order valence-electron chi connectivity index (χ3n) is 2.37. The van der Waals surface area contributed by atoms with Crippen LogP contribution in [0.3, 0.4) is 0 Å². The topological polar surface area (TPSA) is 67.8 Å². The number of nitrogens with one attached hydrogen (secondary N) is 1. The zero-order valence-corrected chi connectivity index (χ0v) is 14.4. The minimum Gasteiger partial charge on any atom is -0.444 e. The molecule has 1 aromatic carbocycles. The third kappa shape index (κ3) is 9.24. The van der Waals surface area contributed by atoms with Crippen molar-refractivity contribution in [3.05, 3.63) is 29.8 Å². The Hall–Kier alpha value is -1.96. The van der Waals surface area contributed by atoms with Gasteiger partial charge in [-0.1, -0.05) is 26.0 Å². The average Bonchev–Trinajstić information content (AvgIpc) is 2.43. The summed E-state index contributed by atoms with van der Waals surface area (Å²) in [5.41, 5.74) is -0.471. The third-order valence-corrected chi connectivity index (χ3v) is 2.37. The van der Waals surface area contributed by atoms with Gasteiger partial charge in [-0.25, -0.2) is 4.79 Å². The predicted octanol–water partition coefficient (Wildman–Crippen LogP) is 4.17. The van der Waals surface area contributed by atoms with Crippen LogP contribution in [0.1, 0.15) is 46.2 Å². The fraction of sp³-hybridized carbons (Fsp3) is 0.562. The molecular weight excluding hydrogens is 327 g/mol. The Bertz CT molecular complexity index is 513. The van der Waals surface area contributed by atoms with E-state index in [-0.39, 0.29) is 5.56 Å². The van der Waals surface area contributed by atoms with Gasteiger partial charge in [-0.05, 0) is 38.5 Å². The molecule has 2 N–H and O–H groups in total. The molecule has 138 valence electrons. The average molecular weight is 351 g/mol. The van der Waals surface area contributed by atoms with E-state index in [9.17, 15) is 23.1 Å². The van der Waals surface area contributed by atoms with Crippen LogP contribution < -0.4 is 10.1 Å². The molecule has 1 atom stereocenters. The Morgan fingerprint density at radius 1 is 1.25 bits per heavy atom. The highest BCUT2D eigenvalue weighted by atomic mass is 19.4. The van der Waals surface area contributed by atoms with Gasteiger partial charge in [0.2, 0.25) is 0 Å². The molecular formula is C16H24F3NO4. The molecule has 0 bridgehead atoms. The van der Waals surface area contributed by atoms with Gasteiger partial charge in [-0.3, -0.25) is 0 Å². The maximum atomic E-state index is 12.2. The fourth-order valence-corrected chi connectivity index (χ4v) is 1.61. The van der Waals surface area contributed by atoms with E-state index in [2.05, 4.69) is 10.1 Å². The monoisotopic (exact) mass is 351 g/mol. The van der Waals surface area contributed by atoms with E-state index >= 15 is 0 Å². The summed E-state index contributed by atoms with van der Waals surface area (Å²) in [6, 6.07) is 4.09. The number of carbonyl (C=O) groups excluding carboxylic acids is 1. The summed E-state index contributed by atoms with van der Waals surface area (Å²) in [5, 5.41) is 11.7. The summed E-state index contributed by atoms with van der Waals surface area (Å²) < 4.78 is 45.4. The van der Waals surface area contributed by atoms with E-state index in [1.165, 1.54) is 12.1 Å². The second-order valence-corrected chi connectivity index (χ2v) is 5.50. The summed E-state index contributed by atoms with van der Waals surface area (Å²) in [6.45, 7) is 8.49. The highest BCUT2D eigenvalue weighted by Gasteiger charge is 2.31. The summed E-state index contributed by atoms with van der Waals surface area (Å²) in [4.78, 5) is 11.7. The first kappa shape index (κ1) is 22.0. The molecule has 8 heteroatoms. The lowest BCUT2D eigenvalue weighted by Crippen LogP contribution is -2.36. The number of carbonyl (C=O) groups is 1. The minimum atomic E-state index is -4.81. The lowest BCUT2D eigenvalue weighted by molar-refractivity contribution is -0.274. The van der Waals surface area contributed by atoms with Crippen molar-refractivity contribution in [2.45, 2.75) is 52.6 Å². The summed E-state index contributed by atoms with van der Waals surface area (Å²) in [7, 11) is 0. The number of hydrogen-bond donors (Lipinski definition) is 2. The largest absolute Gasteiger partial charge is 0.573 e. The number of alkyl carbamates (subject to hydrolysis) is 1. The summed E-state index contributed by atoms with van der Waals surface area (Å²) >= 11 is 0. The summed E-state index contributed by atoms with van der Waals surface area (Å²) in [6.07, 6.45) is -5.60. The molecule has 1 aromatic rings. The van der Waals surface area contributed by atoms with Crippen LogP contribution in [-0.4, -0.2) is 29.8 Å². The smallest absolute Gasteiger partial charge is 0.444 e. The van der Waals surface area contributed by atoms with Gasteiger partial charge in [-0.2, -0.15) is 0 Å². The zero-order chi connectivity index (χ0) is 19.0. The van der Waals surface area contributed by atoms with E-state index in [0.29, 0.717) is 0 Å². The van der Waals surface area contributed by atoms with Crippen molar-refractivity contribution in [3.8, 4) is 5.75 Å². The van der Waals surface area contributed by atoms with E-state index < -0.39 is 36.5 Å². The van der Waals surface area contributed by atoms with Gasteiger partial charge in [0.1, 0.15) is 11.4 Å². The molecule has 0 fully saturated rings. The minimum absolute atomic E-state index is 0.259. The fourth-order valence-electron chi connectivity index (χ4n) is 1.61. The molecule has 1 unspecified atom stereocenters. The molecule has 0 spiro atoms. The molecule has 0 aliphatic heterocycles. The van der Waals surface area contributed by atoms with E-state index in [0.717, 1.165) is 12.1 Å². The lowest BCUT2D eigenvalue weighted by atomic mass is 10.1. The van der Waals surface area contributed by atoms with Gasteiger partial charge in [0, 0.05) is 0 Å². The number of ether oxygens (including phenoxy) is 2. The van der Waals surface area contributed by atoms with Crippen LogP contribution in [-0.2, 0) is 4.74 Å². The molecule has 1 amide bonds. The van der Waals surface area contributed by atoms with Crippen molar-refractivity contribution in [2.75, 3.05) is 6.61 Å². The molecule has 0 aliphatic rings. The zero-order valence-electron chi connectivity index (χ0n) is 14.4. The van der Waals surface area contributed by atoms with Gasteiger partial charge >= 0.3 is 12.5 Å². The molecule has 0 radical (unpaired) electrons. The molecule has 1 rings (SSSR count). The molecule has 0 heterocycles. The standard InChI is InChI=1S/C14H18F3NO4.C2H6/c1-13(2,3)22-12(20)18-11(8-19)9-5-4-6-10(7-9)21-14(15,16)17;1-2/h4-7,11,19H,8H2,1-3H3,(H,18,20);1-2H3. The molecule has 24 heavy (non-hydrogen) atoms. The number of hydrogen-bond acceptors (Lipinski definition) is 4. The first-order chi connectivity index (χ1) is 11.0. The second-order valence-electron chi connectivity index (χ2n) is 5.50. The Balaban J connectivity index is 0.00000254. The highest BCUT2D eigenvalue weighted by Crippen LogP contribution is 2.25. The van der Waals surface area contributed by atoms with Crippen LogP contribution in [0.4, 0.5) is 18.0 Å². The molecule has 0 aromatic heterocycles. The van der Waals surface area contributed by atoms with Crippen molar-refractivity contribution < 1.29 is 32.5 Å². The van der Waals surface area contributed by atoms with Crippen LogP contribution in [0.25, 0.3) is 0 Å². The number of halogens is 3.